The minimum absolute atomic E-state index is 0.0450. The van der Waals surface area contributed by atoms with Crippen LogP contribution in [-0.4, -0.2) is 11.2 Å². The van der Waals surface area contributed by atoms with Gasteiger partial charge in [0.15, 0.2) is 5.06 Å². The van der Waals surface area contributed by atoms with Crippen LogP contribution < -0.4 is 15.2 Å². The van der Waals surface area contributed by atoms with Crippen molar-refractivity contribution >= 4 is 34.7 Å². The molecule has 1 heterocycles. The van der Waals surface area contributed by atoms with Gasteiger partial charge in [-0.1, -0.05) is 18.3 Å². The molecule has 9 heteroatoms. The number of halogens is 3. The van der Waals surface area contributed by atoms with Crippen LogP contribution in [0.5, 0.6) is 10.8 Å². The molecule has 0 aliphatic heterocycles. The maximum Gasteiger partial charge on any atom is 0.419 e. The lowest BCUT2D eigenvalue weighted by Crippen LogP contribution is -2.09. The molecule has 0 aliphatic rings. The summed E-state index contributed by atoms with van der Waals surface area (Å²) in [4.78, 5) is 0. The number of phenols is 1. The first-order valence-electron chi connectivity index (χ1n) is 7.09. The van der Waals surface area contributed by atoms with Crippen LogP contribution in [-0.2, 0) is 6.18 Å². The van der Waals surface area contributed by atoms with Crippen LogP contribution in [0, 0.1) is 0 Å². The lowest BCUT2D eigenvalue weighted by Gasteiger charge is -2.11. The molecule has 1 aromatic carbocycles. The lowest BCUT2D eigenvalue weighted by atomic mass is 10.2. The normalized spacial score (nSPS) is 12.9. The molecule has 1 atom stereocenters. The van der Waals surface area contributed by atoms with E-state index in [1.54, 1.807) is 6.07 Å². The number of phenolic OH excluding ortho intramolecular Hbond substituents is 1. The number of nitrogens with two attached hydrogens (primary N) is 1. The van der Waals surface area contributed by atoms with E-state index in [0.29, 0.717) is 16.4 Å². The van der Waals surface area contributed by atoms with Gasteiger partial charge in [0.2, 0.25) is 0 Å². The second-order valence-corrected chi connectivity index (χ2v) is 7.20. The lowest BCUT2D eigenvalue weighted by molar-refractivity contribution is -0.138. The zero-order chi connectivity index (χ0) is 17.9. The van der Waals surface area contributed by atoms with Gasteiger partial charge in [0, 0.05) is 11.8 Å². The fourth-order valence-electron chi connectivity index (χ4n) is 1.72. The van der Waals surface area contributed by atoms with E-state index in [2.05, 4.69) is 4.72 Å². The van der Waals surface area contributed by atoms with Gasteiger partial charge in [0.1, 0.15) is 5.75 Å². The van der Waals surface area contributed by atoms with Crippen molar-refractivity contribution in [1.29, 1.82) is 0 Å². The van der Waals surface area contributed by atoms with Crippen LogP contribution in [0.3, 0.4) is 0 Å². The highest BCUT2D eigenvalue weighted by molar-refractivity contribution is 8.02. The zero-order valence-electron chi connectivity index (χ0n) is 13.0. The Hall–Kier alpha value is -1.74. The maximum atomic E-state index is 12.6. The number of ether oxygens (including phenoxy) is 1. The van der Waals surface area contributed by atoms with Crippen molar-refractivity contribution in [2.75, 3.05) is 10.5 Å². The smallest absolute Gasteiger partial charge is 0.419 e. The Bertz CT molecular complexity index is 705. The number of nitrogens with one attached hydrogen (secondary N) is 1. The third-order valence-electron chi connectivity index (χ3n) is 3.16. The van der Waals surface area contributed by atoms with Crippen LogP contribution in [0.15, 0.2) is 28.5 Å². The minimum Gasteiger partial charge on any atom is -0.507 e. The van der Waals surface area contributed by atoms with Gasteiger partial charge < -0.3 is 20.3 Å². The monoisotopic (exact) mass is 378 g/mol. The Labute approximate surface area is 146 Å². The molecule has 24 heavy (non-hydrogen) atoms. The van der Waals surface area contributed by atoms with E-state index in [1.807, 2.05) is 13.8 Å². The summed E-state index contributed by atoms with van der Waals surface area (Å²) in [5, 5.41) is 10.1. The fraction of sp³-hybridized carbons (Fsp3) is 0.333. The number of thiophene rings is 1. The number of benzene rings is 1. The first kappa shape index (κ1) is 18.6. The highest BCUT2D eigenvalue weighted by Gasteiger charge is 2.33. The molecular formula is C15H17F3N2O2S2. The molecule has 0 aliphatic carbocycles. The molecule has 4 nitrogen and oxygen atoms in total. The van der Waals surface area contributed by atoms with E-state index in [0.717, 1.165) is 22.8 Å². The molecule has 0 amide bonds. The molecule has 2 aromatic rings. The Morgan fingerprint density at radius 3 is 2.67 bits per heavy atom. The summed E-state index contributed by atoms with van der Waals surface area (Å²) in [6.45, 7) is 3.94. The largest absolute Gasteiger partial charge is 0.507 e. The molecule has 0 spiro atoms. The molecule has 132 valence electrons. The Balaban J connectivity index is 2.04. The van der Waals surface area contributed by atoms with Gasteiger partial charge in [-0.2, -0.15) is 13.2 Å². The topological polar surface area (TPSA) is 67.5 Å². The summed E-state index contributed by atoms with van der Waals surface area (Å²) in [5.74, 6) is -0.820. The van der Waals surface area contributed by atoms with E-state index < -0.39 is 17.5 Å². The van der Waals surface area contributed by atoms with Crippen LogP contribution in [0.4, 0.5) is 24.5 Å². The zero-order valence-corrected chi connectivity index (χ0v) is 14.6. The number of hydrogen-bond donors (Lipinski definition) is 3. The van der Waals surface area contributed by atoms with Gasteiger partial charge in [-0.05, 0) is 43.5 Å². The summed E-state index contributed by atoms with van der Waals surface area (Å²) in [7, 11) is 0. The predicted molar refractivity (Wildman–Crippen MR) is 91.7 cm³/mol. The van der Waals surface area contributed by atoms with Crippen molar-refractivity contribution in [3.63, 3.8) is 0 Å². The predicted octanol–water partition coefficient (Wildman–Crippen LogP) is 5.35. The van der Waals surface area contributed by atoms with E-state index >= 15 is 0 Å². The van der Waals surface area contributed by atoms with E-state index in [4.69, 9.17) is 10.5 Å². The Morgan fingerprint density at radius 1 is 1.38 bits per heavy atom. The molecule has 0 bridgehead atoms. The Morgan fingerprint density at radius 2 is 2.08 bits per heavy atom. The molecule has 2 rings (SSSR count). The number of alkyl halides is 3. The van der Waals surface area contributed by atoms with Gasteiger partial charge >= 0.3 is 6.18 Å². The fourth-order valence-corrected chi connectivity index (χ4v) is 3.53. The third-order valence-corrected chi connectivity index (χ3v) is 5.15. The van der Waals surface area contributed by atoms with E-state index in [1.165, 1.54) is 29.4 Å². The van der Waals surface area contributed by atoms with Crippen molar-refractivity contribution in [3.05, 3.63) is 29.8 Å². The quantitative estimate of drug-likeness (QED) is 0.591. The van der Waals surface area contributed by atoms with Gasteiger partial charge in [-0.25, -0.2) is 0 Å². The van der Waals surface area contributed by atoms with Gasteiger partial charge in [-0.15, -0.1) is 0 Å². The van der Waals surface area contributed by atoms with Crippen LogP contribution in [0.25, 0.3) is 0 Å². The summed E-state index contributed by atoms with van der Waals surface area (Å²) >= 11 is 2.53. The molecule has 4 N–H and O–H groups in total. The molecular weight excluding hydrogens is 361 g/mol. The summed E-state index contributed by atoms with van der Waals surface area (Å²) < 4.78 is 47.2. The van der Waals surface area contributed by atoms with Crippen molar-refractivity contribution < 1.29 is 23.0 Å². The number of aromatic hydroxyl groups is 1. The number of rotatable bonds is 6. The second-order valence-electron chi connectivity index (χ2n) is 5.08. The maximum absolute atomic E-state index is 12.6. The number of anilines is 2. The molecule has 1 unspecified atom stereocenters. The van der Waals surface area contributed by atoms with Gasteiger partial charge in [0.25, 0.3) is 0 Å². The van der Waals surface area contributed by atoms with E-state index in [-0.39, 0.29) is 6.10 Å². The van der Waals surface area contributed by atoms with Gasteiger partial charge in [0.05, 0.1) is 21.6 Å². The molecule has 0 radical (unpaired) electrons. The van der Waals surface area contributed by atoms with Gasteiger partial charge in [-0.3, -0.25) is 0 Å². The standard InChI is InChI=1S/C15H17F3N2O2S2/c1-3-8(2)22-14-11(19)7-13(23-14)24-20-9-4-5-10(12(21)6-9)15(16,17)18/h4-8,20-21H,3,19H2,1-2H3. The molecule has 0 fully saturated rings. The van der Waals surface area contributed by atoms with Crippen molar-refractivity contribution in [1.82, 2.24) is 0 Å². The highest BCUT2D eigenvalue weighted by atomic mass is 32.2. The second kappa shape index (κ2) is 7.43. The third kappa shape index (κ3) is 4.64. The summed E-state index contributed by atoms with van der Waals surface area (Å²) in [5.41, 5.74) is 5.68. The summed E-state index contributed by atoms with van der Waals surface area (Å²) in [6, 6.07) is 4.84. The van der Waals surface area contributed by atoms with Crippen molar-refractivity contribution in [2.24, 2.45) is 0 Å². The first-order chi connectivity index (χ1) is 11.2. The molecule has 1 aromatic heterocycles. The van der Waals surface area contributed by atoms with E-state index in [9.17, 15) is 18.3 Å². The SMILES string of the molecule is CCC(C)Oc1sc(SNc2ccc(C(F)(F)F)c(O)c2)cc1N. The van der Waals surface area contributed by atoms with Crippen LogP contribution >= 0.6 is 23.3 Å². The van der Waals surface area contributed by atoms with Crippen molar-refractivity contribution in [2.45, 2.75) is 36.8 Å². The Kier molecular flexibility index (Phi) is 5.76. The average molecular weight is 378 g/mol. The number of nitrogen functional groups attached to an aromatic ring is 1. The average Bonchev–Trinajstić information content (AvgIpc) is 2.84. The number of hydrogen-bond acceptors (Lipinski definition) is 6. The van der Waals surface area contributed by atoms with Crippen LogP contribution in [0.2, 0.25) is 0 Å². The van der Waals surface area contributed by atoms with Crippen LogP contribution in [0.1, 0.15) is 25.8 Å². The van der Waals surface area contributed by atoms with Crippen molar-refractivity contribution in [3.8, 4) is 10.8 Å². The molecule has 0 saturated carbocycles. The highest BCUT2D eigenvalue weighted by Crippen LogP contribution is 2.41. The summed E-state index contributed by atoms with van der Waals surface area (Å²) in [6.07, 6.45) is -3.69. The molecule has 0 saturated heterocycles. The minimum atomic E-state index is -4.58. The first-order valence-corrected chi connectivity index (χ1v) is 8.73.